The standard InChI is InChI=1S/C9H16NO3.3C4H9.Sn/c1-5-7(6-11)10-8(12)13-9(2,3)4;3*1-3-4-2;/h7,11H,1,6H2,2-4H3,(H,10,12);3*1,3-4H2,2H3;/t7-;;;;/m1..../s1. The maximum absolute atomic E-state index is 12.2. The van der Waals surface area contributed by atoms with E-state index in [1.165, 1.54) is 55.4 Å². The molecule has 0 bridgehead atoms. The second-order valence-corrected chi connectivity index (χ2v) is 21.9. The van der Waals surface area contributed by atoms with Gasteiger partial charge in [-0.25, -0.2) is 0 Å². The Kier molecular flexibility index (Phi) is 12.9. The van der Waals surface area contributed by atoms with Crippen LogP contribution in [-0.2, 0) is 4.74 Å². The molecule has 0 saturated heterocycles. The Balaban J connectivity index is 5.41. The minimum absolute atomic E-state index is 0.0961. The first-order valence-electron chi connectivity index (χ1n) is 10.4. The molecule has 0 aliphatic carbocycles. The SMILES string of the molecule is C=[C]([C@H](CO)NC(=O)OC(C)(C)C)[Sn]([CH2]CCC)([CH2]CCC)[CH2]CCC. The molecule has 0 aliphatic heterocycles. The van der Waals surface area contributed by atoms with E-state index in [2.05, 4.69) is 32.7 Å². The number of rotatable bonds is 13. The number of alkyl carbamates (subject to hydrolysis) is 1. The molecule has 0 aromatic carbocycles. The molecule has 0 aromatic heterocycles. The normalized spacial score (nSPS) is 13.3. The van der Waals surface area contributed by atoms with E-state index in [9.17, 15) is 9.90 Å². The summed E-state index contributed by atoms with van der Waals surface area (Å²) in [5.41, 5.74) is -0.543. The summed E-state index contributed by atoms with van der Waals surface area (Å²) in [6.45, 7) is 16.6. The van der Waals surface area contributed by atoms with Crippen LogP contribution in [0.2, 0.25) is 13.3 Å². The van der Waals surface area contributed by atoms with Crippen LogP contribution >= 0.6 is 0 Å². The van der Waals surface area contributed by atoms with Gasteiger partial charge >= 0.3 is 166 Å². The zero-order valence-electron chi connectivity index (χ0n) is 18.1. The number of unbranched alkanes of at least 4 members (excludes halogenated alkanes) is 3. The first kappa shape index (κ1) is 25.8. The molecule has 2 N–H and O–H groups in total. The van der Waals surface area contributed by atoms with Crippen molar-refractivity contribution >= 4 is 24.5 Å². The molecule has 5 heteroatoms. The Bertz CT molecular complexity index is 396. The van der Waals surface area contributed by atoms with Crippen LogP contribution in [0.1, 0.15) is 80.1 Å². The maximum atomic E-state index is 12.2. The van der Waals surface area contributed by atoms with Crippen molar-refractivity contribution < 1.29 is 14.6 Å². The average molecular weight is 476 g/mol. The summed E-state index contributed by atoms with van der Waals surface area (Å²) in [6, 6.07) is -0.369. The van der Waals surface area contributed by atoms with E-state index in [0.29, 0.717) is 0 Å². The number of nitrogens with one attached hydrogen (secondary N) is 1. The number of aliphatic hydroxyl groups is 1. The van der Waals surface area contributed by atoms with E-state index >= 15 is 0 Å². The van der Waals surface area contributed by atoms with E-state index in [1.807, 2.05) is 20.8 Å². The van der Waals surface area contributed by atoms with Crippen molar-refractivity contribution in [1.29, 1.82) is 0 Å². The number of ether oxygens (including phenoxy) is 1. The zero-order valence-corrected chi connectivity index (χ0v) is 21.0. The number of carbonyl (C=O) groups is 1. The Labute approximate surface area is 166 Å². The second kappa shape index (κ2) is 13.0. The van der Waals surface area contributed by atoms with Gasteiger partial charge in [0.05, 0.1) is 0 Å². The molecule has 0 heterocycles. The van der Waals surface area contributed by atoms with Crippen LogP contribution in [0.4, 0.5) is 4.79 Å². The molecule has 0 aromatic rings. The molecular formula is C21H43NO3Sn. The van der Waals surface area contributed by atoms with Gasteiger partial charge in [-0.3, -0.25) is 0 Å². The number of carbonyl (C=O) groups excluding carboxylic acids is 1. The van der Waals surface area contributed by atoms with E-state index in [4.69, 9.17) is 4.74 Å². The van der Waals surface area contributed by atoms with Gasteiger partial charge in [-0.2, -0.15) is 0 Å². The van der Waals surface area contributed by atoms with Crippen LogP contribution in [-0.4, -0.2) is 47.8 Å². The molecule has 0 rings (SSSR count). The van der Waals surface area contributed by atoms with E-state index in [0.717, 1.165) is 0 Å². The predicted molar refractivity (Wildman–Crippen MR) is 114 cm³/mol. The van der Waals surface area contributed by atoms with Gasteiger partial charge in [0, 0.05) is 0 Å². The monoisotopic (exact) mass is 477 g/mol. The van der Waals surface area contributed by atoms with Gasteiger partial charge in [-0.1, -0.05) is 0 Å². The second-order valence-electron chi connectivity index (χ2n) is 8.50. The van der Waals surface area contributed by atoms with Gasteiger partial charge in [0.2, 0.25) is 0 Å². The number of hydrogen-bond acceptors (Lipinski definition) is 3. The van der Waals surface area contributed by atoms with Crippen molar-refractivity contribution in [3.8, 4) is 0 Å². The van der Waals surface area contributed by atoms with Crippen LogP contribution in [0.15, 0.2) is 10.2 Å². The van der Waals surface area contributed by atoms with Crippen LogP contribution in [0.5, 0.6) is 0 Å². The summed E-state index contributed by atoms with van der Waals surface area (Å²) in [5, 5.41) is 12.9. The molecule has 26 heavy (non-hydrogen) atoms. The number of aliphatic hydroxyl groups excluding tert-OH is 1. The van der Waals surface area contributed by atoms with Crippen LogP contribution in [0.3, 0.4) is 0 Å². The molecule has 1 atom stereocenters. The predicted octanol–water partition coefficient (Wildman–Crippen LogP) is 5.82. The van der Waals surface area contributed by atoms with Crippen molar-refractivity contribution in [2.75, 3.05) is 6.61 Å². The van der Waals surface area contributed by atoms with E-state index in [-0.39, 0.29) is 12.6 Å². The van der Waals surface area contributed by atoms with Gasteiger partial charge in [0.1, 0.15) is 0 Å². The van der Waals surface area contributed by atoms with Gasteiger partial charge in [0.25, 0.3) is 0 Å². The van der Waals surface area contributed by atoms with E-state index in [1.54, 1.807) is 0 Å². The summed E-state index contributed by atoms with van der Waals surface area (Å²) >= 11 is -2.70. The first-order chi connectivity index (χ1) is 12.2. The van der Waals surface area contributed by atoms with Crippen LogP contribution in [0.25, 0.3) is 0 Å². The molecule has 0 fully saturated rings. The fourth-order valence-electron chi connectivity index (χ4n) is 3.46. The molecular weight excluding hydrogens is 433 g/mol. The van der Waals surface area contributed by atoms with Crippen molar-refractivity contribution in [3.05, 3.63) is 10.2 Å². The topological polar surface area (TPSA) is 58.6 Å². The molecule has 0 unspecified atom stereocenters. The molecule has 0 radical (unpaired) electrons. The van der Waals surface area contributed by atoms with Crippen LogP contribution < -0.4 is 5.32 Å². The molecule has 4 nitrogen and oxygen atoms in total. The van der Waals surface area contributed by atoms with Gasteiger partial charge in [-0.15, -0.1) is 0 Å². The van der Waals surface area contributed by atoms with Gasteiger partial charge in [0.15, 0.2) is 0 Å². The number of hydrogen-bond donors (Lipinski definition) is 2. The zero-order chi connectivity index (χ0) is 20.2. The Hall–Kier alpha value is -0.231. The van der Waals surface area contributed by atoms with Crippen molar-refractivity contribution in [1.82, 2.24) is 5.32 Å². The van der Waals surface area contributed by atoms with Crippen molar-refractivity contribution in [3.63, 3.8) is 0 Å². The summed E-state index contributed by atoms with van der Waals surface area (Å²) < 4.78 is 10.4. The molecule has 0 spiro atoms. The minimum atomic E-state index is -2.70. The third-order valence-corrected chi connectivity index (χ3v) is 21.1. The fraction of sp³-hybridized carbons (Fsp3) is 0.857. The molecule has 0 aliphatic rings. The summed E-state index contributed by atoms with van der Waals surface area (Å²) in [6.07, 6.45) is 6.79. The van der Waals surface area contributed by atoms with Gasteiger partial charge < -0.3 is 0 Å². The molecule has 1 amide bonds. The van der Waals surface area contributed by atoms with Crippen LogP contribution in [0, 0.1) is 0 Å². The first-order valence-corrected chi connectivity index (χ1v) is 17.9. The molecule has 154 valence electrons. The fourth-order valence-corrected chi connectivity index (χ4v) is 19.8. The Morgan fingerprint density at radius 1 is 1.04 bits per heavy atom. The third-order valence-electron chi connectivity index (χ3n) is 5.00. The Morgan fingerprint density at radius 3 is 1.77 bits per heavy atom. The van der Waals surface area contributed by atoms with Crippen molar-refractivity contribution in [2.24, 2.45) is 0 Å². The van der Waals surface area contributed by atoms with E-state index < -0.39 is 30.1 Å². The molecule has 0 saturated carbocycles. The average Bonchev–Trinajstić information content (AvgIpc) is 2.57. The summed E-state index contributed by atoms with van der Waals surface area (Å²) in [4.78, 5) is 12.2. The van der Waals surface area contributed by atoms with Gasteiger partial charge in [-0.05, 0) is 0 Å². The quantitative estimate of drug-likeness (QED) is 0.330. The summed E-state index contributed by atoms with van der Waals surface area (Å²) in [5.74, 6) is 0. The Morgan fingerprint density at radius 2 is 1.46 bits per heavy atom. The summed E-state index contributed by atoms with van der Waals surface area (Å²) in [7, 11) is 0. The third kappa shape index (κ3) is 9.63. The number of amides is 1. The van der Waals surface area contributed by atoms with Crippen molar-refractivity contribution in [2.45, 2.75) is 105 Å².